The van der Waals surface area contributed by atoms with Gasteiger partial charge in [-0.3, -0.25) is 9.59 Å². The highest BCUT2D eigenvalue weighted by Crippen LogP contribution is 2.26. The van der Waals surface area contributed by atoms with Gasteiger partial charge in [0.25, 0.3) is 5.91 Å². The van der Waals surface area contributed by atoms with Crippen LogP contribution in [0.2, 0.25) is 0 Å². The van der Waals surface area contributed by atoms with E-state index < -0.39 is 6.04 Å². The molecule has 0 spiro atoms. The smallest absolute Gasteiger partial charge is 0.261 e. The molecule has 0 aliphatic heterocycles. The summed E-state index contributed by atoms with van der Waals surface area (Å²) in [7, 11) is 0. The highest BCUT2D eigenvalue weighted by molar-refractivity contribution is 5.88. The molecule has 3 rings (SSSR count). The van der Waals surface area contributed by atoms with Crippen molar-refractivity contribution in [2.24, 2.45) is 0 Å². The van der Waals surface area contributed by atoms with Crippen LogP contribution in [0.25, 0.3) is 0 Å². The summed E-state index contributed by atoms with van der Waals surface area (Å²) in [4.78, 5) is 29.1. The van der Waals surface area contributed by atoms with Crippen molar-refractivity contribution in [2.75, 3.05) is 6.61 Å². The van der Waals surface area contributed by atoms with Crippen LogP contribution >= 0.6 is 0 Å². The van der Waals surface area contributed by atoms with E-state index in [-0.39, 0.29) is 30.4 Å². The molecule has 37 heavy (non-hydrogen) atoms. The molecule has 3 aromatic rings. The minimum Gasteiger partial charge on any atom is -0.483 e. The zero-order valence-electron chi connectivity index (χ0n) is 22.7. The fourth-order valence-corrected chi connectivity index (χ4v) is 4.31. The molecule has 0 bridgehead atoms. The maximum Gasteiger partial charge on any atom is 0.261 e. The van der Waals surface area contributed by atoms with Crippen molar-refractivity contribution in [3.8, 4) is 5.75 Å². The molecule has 3 aromatic carbocycles. The molecule has 0 heterocycles. The van der Waals surface area contributed by atoms with Crippen molar-refractivity contribution in [1.82, 2.24) is 10.2 Å². The first-order valence-electron chi connectivity index (χ1n) is 13.2. The summed E-state index contributed by atoms with van der Waals surface area (Å²) >= 11 is 0. The van der Waals surface area contributed by atoms with Crippen molar-refractivity contribution in [3.05, 3.63) is 101 Å². The average molecular weight is 501 g/mol. The standard InChI is InChI=1S/C32H40N2O3/c1-6-25(5)33-32(36)29(20-26-14-8-7-9-15-26)34(21-27-16-12-13-24(4)19-27)31(35)22-37-30-18-11-10-17-28(30)23(2)3/h7-19,23,25,29H,6,20-22H2,1-5H3,(H,33,36)/t25-,29+/m1/s1. The Labute approximate surface area is 221 Å². The monoisotopic (exact) mass is 500 g/mol. The minimum absolute atomic E-state index is 0.0101. The van der Waals surface area contributed by atoms with E-state index in [0.717, 1.165) is 28.7 Å². The number of amides is 2. The van der Waals surface area contributed by atoms with Gasteiger partial charge in [-0.15, -0.1) is 0 Å². The van der Waals surface area contributed by atoms with E-state index in [1.165, 1.54) is 0 Å². The number of benzene rings is 3. The molecule has 2 amide bonds. The van der Waals surface area contributed by atoms with Crippen LogP contribution < -0.4 is 10.1 Å². The van der Waals surface area contributed by atoms with E-state index in [1.54, 1.807) is 4.90 Å². The van der Waals surface area contributed by atoms with Gasteiger partial charge in [0.2, 0.25) is 5.91 Å². The third kappa shape index (κ3) is 8.21. The molecule has 0 saturated carbocycles. The quantitative estimate of drug-likeness (QED) is 0.329. The Bertz CT molecular complexity index is 1160. The van der Waals surface area contributed by atoms with Gasteiger partial charge in [0.15, 0.2) is 6.61 Å². The lowest BCUT2D eigenvalue weighted by Crippen LogP contribution is -2.53. The van der Waals surface area contributed by atoms with Crippen LogP contribution in [0, 0.1) is 6.92 Å². The molecule has 0 aliphatic carbocycles. The Kier molecular flexibility index (Phi) is 10.3. The number of nitrogens with one attached hydrogen (secondary N) is 1. The van der Waals surface area contributed by atoms with Crippen LogP contribution in [0.15, 0.2) is 78.9 Å². The number of carbonyl (C=O) groups excluding carboxylic acids is 2. The fourth-order valence-electron chi connectivity index (χ4n) is 4.31. The van der Waals surface area contributed by atoms with E-state index in [2.05, 4.69) is 25.2 Å². The lowest BCUT2D eigenvalue weighted by atomic mass is 10.0. The van der Waals surface area contributed by atoms with E-state index in [9.17, 15) is 9.59 Å². The molecule has 196 valence electrons. The number of nitrogens with zero attached hydrogens (tertiary/aromatic N) is 1. The zero-order valence-corrected chi connectivity index (χ0v) is 22.7. The van der Waals surface area contributed by atoms with Crippen LogP contribution in [-0.4, -0.2) is 35.4 Å². The van der Waals surface area contributed by atoms with Crippen molar-refractivity contribution in [1.29, 1.82) is 0 Å². The van der Waals surface area contributed by atoms with Crippen LogP contribution in [0.1, 0.15) is 62.3 Å². The first-order chi connectivity index (χ1) is 17.8. The molecule has 0 aliphatic rings. The van der Waals surface area contributed by atoms with Gasteiger partial charge < -0.3 is 15.0 Å². The maximum atomic E-state index is 13.8. The highest BCUT2D eigenvalue weighted by atomic mass is 16.5. The van der Waals surface area contributed by atoms with Gasteiger partial charge in [0, 0.05) is 19.0 Å². The van der Waals surface area contributed by atoms with Crippen molar-refractivity contribution in [2.45, 2.75) is 72.0 Å². The van der Waals surface area contributed by atoms with Crippen molar-refractivity contribution in [3.63, 3.8) is 0 Å². The Morgan fingerprint density at radius 3 is 2.24 bits per heavy atom. The normalized spacial score (nSPS) is 12.6. The summed E-state index contributed by atoms with van der Waals surface area (Å²) in [5.74, 6) is 0.592. The highest BCUT2D eigenvalue weighted by Gasteiger charge is 2.31. The summed E-state index contributed by atoms with van der Waals surface area (Å²) in [5.41, 5.74) is 4.14. The minimum atomic E-state index is -0.673. The van der Waals surface area contributed by atoms with Gasteiger partial charge in [-0.25, -0.2) is 0 Å². The molecule has 2 atom stereocenters. The third-order valence-corrected chi connectivity index (χ3v) is 6.60. The number of para-hydroxylation sites is 1. The number of rotatable bonds is 12. The van der Waals surface area contributed by atoms with Crippen LogP contribution in [0.4, 0.5) is 0 Å². The predicted molar refractivity (Wildman–Crippen MR) is 150 cm³/mol. The molecule has 0 saturated heterocycles. The van der Waals surface area contributed by atoms with Crippen molar-refractivity contribution >= 4 is 11.8 Å². The molecule has 5 nitrogen and oxygen atoms in total. The topological polar surface area (TPSA) is 58.6 Å². The molecule has 0 fully saturated rings. The lowest BCUT2D eigenvalue weighted by molar-refractivity contribution is -0.143. The first kappa shape index (κ1) is 28.0. The Balaban J connectivity index is 1.94. The Morgan fingerprint density at radius 1 is 0.892 bits per heavy atom. The zero-order chi connectivity index (χ0) is 26.8. The molecule has 5 heteroatoms. The summed E-state index contributed by atoms with van der Waals surface area (Å²) in [5, 5.41) is 3.11. The first-order valence-corrected chi connectivity index (χ1v) is 13.2. The maximum absolute atomic E-state index is 13.8. The van der Waals surface area contributed by atoms with Crippen molar-refractivity contribution < 1.29 is 14.3 Å². The summed E-state index contributed by atoms with van der Waals surface area (Å²) < 4.78 is 6.06. The predicted octanol–water partition coefficient (Wildman–Crippen LogP) is 6.05. The Hall–Kier alpha value is -3.60. The molecule has 0 aromatic heterocycles. The van der Waals surface area contributed by atoms with E-state index in [4.69, 9.17) is 4.74 Å². The molecule has 0 radical (unpaired) electrons. The molecular formula is C32H40N2O3. The number of hydrogen-bond acceptors (Lipinski definition) is 3. The van der Waals surface area contributed by atoms with Crippen LogP contribution in [0.3, 0.4) is 0 Å². The summed E-state index contributed by atoms with van der Waals surface area (Å²) in [6, 6.07) is 25.0. The van der Waals surface area contributed by atoms with E-state index >= 15 is 0 Å². The second-order valence-electron chi connectivity index (χ2n) is 10.0. The SMILES string of the molecule is CC[C@@H](C)NC(=O)[C@H](Cc1ccccc1)N(Cc1cccc(C)c1)C(=O)COc1ccccc1C(C)C. The number of hydrogen-bond donors (Lipinski definition) is 1. The average Bonchev–Trinajstić information content (AvgIpc) is 2.89. The van der Waals surface area contributed by atoms with Gasteiger partial charge >= 0.3 is 0 Å². The number of carbonyl (C=O) groups is 2. The van der Waals surface area contributed by atoms with Crippen LogP contribution in [0.5, 0.6) is 5.75 Å². The Morgan fingerprint density at radius 2 is 1.57 bits per heavy atom. The van der Waals surface area contributed by atoms with E-state index in [1.807, 2.05) is 93.6 Å². The molecule has 0 unspecified atom stereocenters. The van der Waals surface area contributed by atoms with Gasteiger partial charge in [0.1, 0.15) is 11.8 Å². The van der Waals surface area contributed by atoms with Crippen LogP contribution in [-0.2, 0) is 22.6 Å². The second kappa shape index (κ2) is 13.6. The van der Waals surface area contributed by atoms with Gasteiger partial charge in [-0.05, 0) is 48.9 Å². The third-order valence-electron chi connectivity index (χ3n) is 6.60. The summed E-state index contributed by atoms with van der Waals surface area (Å²) in [6.07, 6.45) is 1.23. The second-order valence-corrected chi connectivity index (χ2v) is 10.0. The van der Waals surface area contributed by atoms with Gasteiger partial charge in [-0.2, -0.15) is 0 Å². The lowest BCUT2D eigenvalue weighted by Gasteiger charge is -2.32. The molecular weight excluding hydrogens is 460 g/mol. The van der Waals surface area contributed by atoms with Gasteiger partial charge in [0.05, 0.1) is 0 Å². The number of aryl methyl sites for hydroxylation is 1. The largest absolute Gasteiger partial charge is 0.483 e. The van der Waals surface area contributed by atoms with E-state index in [0.29, 0.717) is 18.7 Å². The number of ether oxygens (including phenoxy) is 1. The molecule has 1 N–H and O–H groups in total. The fraction of sp³-hybridized carbons (Fsp3) is 0.375. The van der Waals surface area contributed by atoms with Gasteiger partial charge in [-0.1, -0.05) is 99.1 Å². The summed E-state index contributed by atoms with van der Waals surface area (Å²) in [6.45, 7) is 10.4.